The molecule has 25 aromatic rings. The number of aromatic nitrogens is 5. The molecule has 0 saturated carbocycles. The van der Waals surface area contributed by atoms with Crippen molar-refractivity contribution >= 4 is 199 Å². The van der Waals surface area contributed by atoms with Crippen LogP contribution in [-0.2, 0) is 32.5 Å². The van der Waals surface area contributed by atoms with Gasteiger partial charge in [0, 0.05) is 126 Å². The molecule has 0 fully saturated rings. The first-order valence-corrected chi connectivity index (χ1v) is 49.1. The van der Waals surface area contributed by atoms with Crippen molar-refractivity contribution in [3.05, 3.63) is 385 Å². The van der Waals surface area contributed by atoms with Crippen molar-refractivity contribution in [3.8, 4) is 50.4 Å². The van der Waals surface area contributed by atoms with Gasteiger partial charge in [0.15, 0.2) is 0 Å². The van der Waals surface area contributed by atoms with Crippen molar-refractivity contribution in [2.75, 3.05) is 9.80 Å². The van der Waals surface area contributed by atoms with E-state index in [2.05, 4.69) is 355 Å². The van der Waals surface area contributed by atoms with E-state index in [4.69, 9.17) is 0 Å². The second kappa shape index (κ2) is 29.1. The van der Waals surface area contributed by atoms with E-state index < -0.39 is 41.7 Å². The number of fused-ring (bicyclic) bond motifs is 25. The van der Waals surface area contributed by atoms with Gasteiger partial charge in [-0.1, -0.05) is 288 Å². The molecule has 0 N–H and O–H groups in total. The third-order valence-electron chi connectivity index (χ3n) is 30.5. The molecule has 18 aromatic carbocycles. The van der Waals surface area contributed by atoms with E-state index in [0.29, 0.717) is 22.7 Å². The van der Waals surface area contributed by atoms with Gasteiger partial charge >= 0.3 is 0 Å². The highest BCUT2D eigenvalue weighted by Crippen LogP contribution is 2.56. The van der Waals surface area contributed by atoms with E-state index in [0.717, 1.165) is 176 Å². The molecule has 0 atom stereocenters. The van der Waals surface area contributed by atoms with Crippen LogP contribution in [0.2, 0.25) is 0 Å². The highest BCUT2D eigenvalue weighted by Gasteiger charge is 2.46. The summed E-state index contributed by atoms with van der Waals surface area (Å²) in [5, 5.41) is 11.1. The molecule has 0 unspecified atom stereocenters. The fourth-order valence-electron chi connectivity index (χ4n) is 23.3. The SMILES string of the molecule is [2H]c1c([2H])c([2H])c2c(c1[2H])c1c([2H])c(C(C)(C)C)c([2H])c([2H])c1n2-c1ccc2c(c1)N(c1ccccc1-c1cc3c4cc(C(C)(C)C)ccc4n4c5ccc(C(C)(C)C)cc5c(c1)c34)c1cc(-c3ccc4c(c3)c3ccccc3n4-c3ccccc3)cc3c1B2c1ccc(-n2c4c([2H])c([2H])c([2H])c([2H])c4c4c([2H])c(C(C)(C)C)c([2H])c([2H])c42)cc1N3c1ccccc1-c1cc2c3cc(C(C)(C)C)ccc3n3c4ccc(C(C)(C)C)cc4c(c1)c23. The minimum atomic E-state index is -0.874. The number of nitrogens with zero attached hydrogens (tertiary/aromatic N) is 7. The number of rotatable bonds is 8. The van der Waals surface area contributed by atoms with Gasteiger partial charge in [-0.25, -0.2) is 0 Å². The van der Waals surface area contributed by atoms with Crippen molar-refractivity contribution < 1.29 is 19.2 Å². The maximum Gasteiger partial charge on any atom is 0.252 e. The Kier molecular flexibility index (Phi) is 14.6. The highest BCUT2D eigenvalue weighted by molar-refractivity contribution is 7.00. The molecule has 2 aliphatic rings. The number of benzene rings is 18. The lowest BCUT2D eigenvalue weighted by atomic mass is 9.33. The van der Waals surface area contributed by atoms with Gasteiger partial charge in [0.2, 0.25) is 0 Å². The monoisotopic (exact) mass is 1820 g/mol. The topological polar surface area (TPSA) is 30.1 Å². The minimum absolute atomic E-state index is 0.0349. The van der Waals surface area contributed by atoms with Crippen molar-refractivity contribution in [1.82, 2.24) is 22.5 Å². The Bertz CT molecular complexity index is 9870. The van der Waals surface area contributed by atoms with Crippen molar-refractivity contribution in [2.45, 2.75) is 157 Å². The number of hydrogen-bond acceptors (Lipinski definition) is 2. The van der Waals surface area contributed by atoms with Gasteiger partial charge in [-0.05, 0) is 292 Å². The third-order valence-corrected chi connectivity index (χ3v) is 30.5. The van der Waals surface area contributed by atoms with Crippen LogP contribution >= 0.6 is 0 Å². The predicted octanol–water partition coefficient (Wildman–Crippen LogP) is 34.1. The van der Waals surface area contributed by atoms with Gasteiger partial charge in [0.05, 0.1) is 96.8 Å². The lowest BCUT2D eigenvalue weighted by Crippen LogP contribution is -2.61. The molecule has 8 heteroatoms. The standard InChI is InChI=1S/C132H112BN7/c1-127(2,3)81-45-56-114-96(69-81)93-37-25-30-42-111(93)135(114)88-51-53-106-120(75-88)137(108-39-27-22-34-90(108)79-63-102-98-71-83(129(7,8)9)47-58-116(98)139-117-59-48-84(130(10,11)12)72-99(117)103(64-79)125(102)139)122-67-78(77-44-55-113-95(62-77)92-36-24-29-41-110(92)134(113)87-32-20-19-21-33-87)68-123-124(122)133(106)107-54-52-89(136-112-43-31-26-38-94(112)97-70-82(128(4,5)6)46-57-115(97)136)76-121(107)138(123)109-40-28-23-35-91(109)80-65-104-100-73-85(131(13,14)15)49-60-118(100)140-119-61-50-86(132(16,17)18)74-101(119)105(66-80)126(104)140/h19-76H,1-18H3/i25D,26D,30D,31D,37D,38D,42D,43D,45D,46D,56D,57D,69D,70D. The van der Waals surface area contributed by atoms with E-state index in [1.54, 1.807) is 9.13 Å². The molecule has 7 nitrogen and oxygen atoms in total. The number of hydrogen-bond donors (Lipinski definition) is 0. The summed E-state index contributed by atoms with van der Waals surface area (Å²) < 4.78 is 152. The maximum absolute atomic E-state index is 10.5. The molecular weight excluding hydrogens is 1690 g/mol. The van der Waals surface area contributed by atoms with E-state index in [9.17, 15) is 19.2 Å². The molecule has 140 heavy (non-hydrogen) atoms. The molecule has 678 valence electrons. The lowest BCUT2D eigenvalue weighted by Gasteiger charge is -2.45. The van der Waals surface area contributed by atoms with Gasteiger partial charge in [-0.15, -0.1) is 0 Å². The fourth-order valence-corrected chi connectivity index (χ4v) is 23.3. The van der Waals surface area contributed by atoms with Crippen LogP contribution in [0.25, 0.3) is 192 Å². The predicted molar refractivity (Wildman–Crippen MR) is 601 cm³/mol. The molecule has 0 radical (unpaired) electrons. The quantitative estimate of drug-likeness (QED) is 0.142. The van der Waals surface area contributed by atoms with E-state index in [1.807, 2.05) is 59.7 Å². The van der Waals surface area contributed by atoms with Crippen LogP contribution in [0.1, 0.15) is 177 Å². The normalized spacial score (nSPS) is 15.0. The van der Waals surface area contributed by atoms with Crippen LogP contribution in [0.5, 0.6) is 0 Å². The highest BCUT2D eigenvalue weighted by atomic mass is 15.2. The lowest BCUT2D eigenvalue weighted by molar-refractivity contribution is 0.591. The number of para-hydroxylation sites is 6. The number of anilines is 6. The van der Waals surface area contributed by atoms with Crippen LogP contribution in [0.15, 0.2) is 352 Å². The average molecular weight is 1820 g/mol. The zero-order valence-corrected chi connectivity index (χ0v) is 82.1. The van der Waals surface area contributed by atoms with Crippen molar-refractivity contribution in [2.24, 2.45) is 0 Å². The molecule has 0 bridgehead atoms. The van der Waals surface area contributed by atoms with Crippen LogP contribution in [0.3, 0.4) is 0 Å². The summed E-state index contributed by atoms with van der Waals surface area (Å²) >= 11 is 0. The summed E-state index contributed by atoms with van der Waals surface area (Å²) in [6.07, 6.45) is 0. The molecule has 0 saturated heterocycles. The van der Waals surface area contributed by atoms with Gasteiger partial charge < -0.3 is 32.3 Å². The zero-order chi connectivity index (χ0) is 108. The first kappa shape index (κ1) is 70.3. The molecule has 2 aliphatic heterocycles. The average Bonchev–Trinajstić information content (AvgIpc) is 1.17. The van der Waals surface area contributed by atoms with E-state index in [1.165, 1.54) is 22.3 Å². The molecule has 27 rings (SSSR count). The largest absolute Gasteiger partial charge is 0.311 e. The first-order valence-electron chi connectivity index (χ1n) is 56.1. The second-order valence-electron chi connectivity index (χ2n) is 45.5. The molecular formula is C132H112BN7. The summed E-state index contributed by atoms with van der Waals surface area (Å²) in [6, 6.07) is 92.6. The van der Waals surface area contributed by atoms with Gasteiger partial charge in [-0.3, -0.25) is 0 Å². The Labute approximate surface area is 837 Å². The molecule has 0 amide bonds. The van der Waals surface area contributed by atoms with Gasteiger partial charge in [-0.2, -0.15) is 0 Å². The van der Waals surface area contributed by atoms with Crippen molar-refractivity contribution in [1.29, 1.82) is 0 Å². The molecule has 7 aromatic heterocycles. The summed E-state index contributed by atoms with van der Waals surface area (Å²) in [4.78, 5) is 4.79. The molecule has 9 heterocycles. The Morgan fingerprint density at radius 2 is 0.564 bits per heavy atom. The maximum atomic E-state index is 10.5. The first-order chi connectivity index (χ1) is 73.1. The Morgan fingerprint density at radius 1 is 0.214 bits per heavy atom. The molecule has 0 aliphatic carbocycles. The summed E-state index contributed by atoms with van der Waals surface area (Å²) in [5.74, 6) is 0. The Balaban J connectivity index is 0.830. The zero-order valence-electron chi connectivity index (χ0n) is 96.1. The molecule has 0 spiro atoms. The third kappa shape index (κ3) is 12.3. The Morgan fingerprint density at radius 3 is 0.986 bits per heavy atom. The van der Waals surface area contributed by atoms with E-state index >= 15 is 0 Å². The van der Waals surface area contributed by atoms with Crippen LogP contribution in [-0.4, -0.2) is 29.2 Å². The summed E-state index contributed by atoms with van der Waals surface area (Å²) in [7, 11) is 0. The van der Waals surface area contributed by atoms with Gasteiger partial charge in [0.1, 0.15) is 0 Å². The minimum Gasteiger partial charge on any atom is -0.311 e. The summed E-state index contributed by atoms with van der Waals surface area (Å²) in [5.41, 5.74) is 25.2. The Hall–Kier alpha value is -15.4. The summed E-state index contributed by atoms with van der Waals surface area (Å²) in [6.45, 7) is 37.8. The van der Waals surface area contributed by atoms with Crippen LogP contribution in [0.4, 0.5) is 34.1 Å². The smallest absolute Gasteiger partial charge is 0.252 e. The van der Waals surface area contributed by atoms with Gasteiger partial charge in [0.25, 0.3) is 6.71 Å². The van der Waals surface area contributed by atoms with Crippen LogP contribution in [0, 0.1) is 0 Å². The van der Waals surface area contributed by atoms with Crippen molar-refractivity contribution in [3.63, 3.8) is 0 Å². The second-order valence-corrected chi connectivity index (χ2v) is 45.5. The van der Waals surface area contributed by atoms with Crippen LogP contribution < -0.4 is 26.2 Å². The fraction of sp³-hybridized carbons (Fsp3) is 0.182. The van der Waals surface area contributed by atoms with E-state index in [-0.39, 0.29) is 137 Å².